The molecule has 9 heteroatoms. The standard InChI is InChI=1S/C30H33FN4O3.Ni/c31-25(29(32)36)18-27(30(37)38)34-28(22-12-5-2-6-13-22)24-15-7-8-16-26(24)33-19-23-14-9-17-35(23)20-21-10-3-1-4-11-21;/h1-8,10-13,15-16,23,25,27H,9,14,17-20H2,(H4,32,33,34,36,37,38);/q;+2/p-1. The van der Waals surface area contributed by atoms with Gasteiger partial charge in [-0.25, -0.2) is 9.18 Å². The van der Waals surface area contributed by atoms with Crippen molar-refractivity contribution in [2.75, 3.05) is 13.1 Å². The number of alkyl halides is 1. The number of para-hydroxylation sites is 1. The van der Waals surface area contributed by atoms with Gasteiger partial charge in [-0.05, 0) is 36.6 Å². The summed E-state index contributed by atoms with van der Waals surface area (Å²) in [5.41, 5.74) is 8.68. The number of halogens is 1. The molecule has 39 heavy (non-hydrogen) atoms. The van der Waals surface area contributed by atoms with Crippen LogP contribution in [0.5, 0.6) is 0 Å². The number of carboxylic acid groups (broad SMARTS) is 1. The van der Waals surface area contributed by atoms with E-state index in [-0.39, 0.29) is 22.5 Å². The number of carboxylic acids is 1. The molecule has 0 aromatic heterocycles. The van der Waals surface area contributed by atoms with Crippen LogP contribution in [0.3, 0.4) is 0 Å². The molecule has 0 aliphatic carbocycles. The molecule has 1 saturated heterocycles. The van der Waals surface area contributed by atoms with Crippen LogP contribution in [0.4, 0.5) is 10.1 Å². The largest absolute Gasteiger partial charge is 2.00 e. The quantitative estimate of drug-likeness (QED) is 0.238. The number of amides is 1. The number of benzene rings is 3. The Balaban J connectivity index is 0.00000420. The minimum atomic E-state index is -2.12. The van der Waals surface area contributed by atoms with E-state index in [4.69, 9.17) is 11.1 Å². The molecule has 1 aliphatic heterocycles. The zero-order valence-electron chi connectivity index (χ0n) is 21.4. The number of hydrogen-bond donors (Lipinski definition) is 2. The number of carbonyl (C=O) groups is 2. The number of rotatable bonds is 12. The number of nitrogens with zero attached hydrogens (tertiary/aromatic N) is 3. The molecule has 0 bridgehead atoms. The smallest absolute Gasteiger partial charge is 0.683 e. The normalized spacial score (nSPS) is 17.2. The third-order valence-electron chi connectivity index (χ3n) is 6.72. The van der Waals surface area contributed by atoms with Crippen LogP contribution in [-0.4, -0.2) is 58.9 Å². The maximum atomic E-state index is 14.1. The fourth-order valence-electron chi connectivity index (χ4n) is 4.72. The fourth-order valence-corrected chi connectivity index (χ4v) is 4.72. The van der Waals surface area contributed by atoms with Gasteiger partial charge in [0.15, 0.2) is 12.2 Å². The van der Waals surface area contributed by atoms with Gasteiger partial charge in [0.2, 0.25) is 0 Å². The monoisotopic (exact) mass is 573 g/mol. The summed E-state index contributed by atoms with van der Waals surface area (Å²) in [5, 5.41) is 14.7. The Kier molecular flexibility index (Phi) is 11.2. The molecular formula is C30H32FN4NiO3+. The molecule has 4 rings (SSSR count). The van der Waals surface area contributed by atoms with Gasteiger partial charge in [0.05, 0.1) is 5.71 Å². The number of primary amides is 1. The van der Waals surface area contributed by atoms with E-state index in [1.54, 1.807) is 0 Å². The molecule has 3 aromatic rings. The first-order valence-electron chi connectivity index (χ1n) is 12.8. The van der Waals surface area contributed by atoms with E-state index in [9.17, 15) is 19.1 Å². The second-order valence-electron chi connectivity index (χ2n) is 9.41. The van der Waals surface area contributed by atoms with Crippen molar-refractivity contribution in [3.8, 4) is 0 Å². The molecule has 1 amide bonds. The van der Waals surface area contributed by atoms with Crippen LogP contribution in [-0.2, 0) is 32.6 Å². The molecule has 1 heterocycles. The van der Waals surface area contributed by atoms with Crippen LogP contribution in [0.1, 0.15) is 36.0 Å². The fraction of sp³-hybridized carbons (Fsp3) is 0.300. The van der Waals surface area contributed by atoms with Crippen molar-refractivity contribution in [3.63, 3.8) is 0 Å². The molecule has 0 radical (unpaired) electrons. The Bertz CT molecular complexity index is 1260. The van der Waals surface area contributed by atoms with E-state index in [1.165, 1.54) is 5.56 Å². The maximum Gasteiger partial charge on any atom is 2.00 e. The van der Waals surface area contributed by atoms with Gasteiger partial charge >= 0.3 is 22.5 Å². The van der Waals surface area contributed by atoms with Crippen LogP contribution in [0.2, 0.25) is 0 Å². The van der Waals surface area contributed by atoms with Crippen molar-refractivity contribution >= 4 is 23.3 Å². The Hall–Kier alpha value is -3.55. The van der Waals surface area contributed by atoms with E-state index < -0.39 is 30.5 Å². The number of likely N-dealkylation sites (tertiary alicyclic amines) is 1. The van der Waals surface area contributed by atoms with Gasteiger partial charge < -0.3 is 16.2 Å². The number of hydrogen-bond acceptors (Lipinski definition) is 4. The van der Waals surface area contributed by atoms with Gasteiger partial charge in [0.1, 0.15) is 0 Å². The molecule has 3 unspecified atom stereocenters. The minimum Gasteiger partial charge on any atom is -0.683 e. The predicted molar refractivity (Wildman–Crippen MR) is 146 cm³/mol. The third-order valence-corrected chi connectivity index (χ3v) is 6.72. The molecule has 7 nitrogen and oxygen atoms in total. The summed E-state index contributed by atoms with van der Waals surface area (Å²) in [6.07, 6.45) is -0.605. The van der Waals surface area contributed by atoms with Crippen LogP contribution in [0.15, 0.2) is 89.9 Å². The molecule has 3 atom stereocenters. The second kappa shape index (κ2) is 14.6. The summed E-state index contributed by atoms with van der Waals surface area (Å²) in [4.78, 5) is 30.1. The summed E-state index contributed by atoms with van der Waals surface area (Å²) >= 11 is 0. The first kappa shape index (κ1) is 30.0. The predicted octanol–water partition coefficient (Wildman–Crippen LogP) is 4.86. The van der Waals surface area contributed by atoms with Crippen LogP contribution >= 0.6 is 0 Å². The van der Waals surface area contributed by atoms with E-state index >= 15 is 0 Å². The van der Waals surface area contributed by atoms with Crippen molar-refractivity contribution in [1.29, 1.82) is 0 Å². The van der Waals surface area contributed by atoms with Gasteiger partial charge in [-0.3, -0.25) is 14.7 Å². The molecule has 0 spiro atoms. The minimum absolute atomic E-state index is 0. The Morgan fingerprint density at radius 1 is 1.03 bits per heavy atom. The summed E-state index contributed by atoms with van der Waals surface area (Å²) in [5.74, 6) is -2.54. The Morgan fingerprint density at radius 3 is 2.33 bits per heavy atom. The van der Waals surface area contributed by atoms with Crippen molar-refractivity contribution in [2.24, 2.45) is 10.7 Å². The zero-order valence-corrected chi connectivity index (χ0v) is 22.4. The van der Waals surface area contributed by atoms with Gasteiger partial charge in [0, 0.05) is 18.5 Å². The Morgan fingerprint density at radius 2 is 1.67 bits per heavy atom. The molecule has 1 aliphatic rings. The summed E-state index contributed by atoms with van der Waals surface area (Å²) < 4.78 is 14.1. The molecule has 3 aromatic carbocycles. The molecule has 0 saturated carbocycles. The van der Waals surface area contributed by atoms with Crippen molar-refractivity contribution in [2.45, 2.75) is 44.1 Å². The molecular weight excluding hydrogens is 542 g/mol. The summed E-state index contributed by atoms with van der Waals surface area (Å²) in [6.45, 7) is 2.46. The second-order valence-corrected chi connectivity index (χ2v) is 9.41. The SMILES string of the molecule is NC(=O)C(F)CC(N=C(c1ccccc1)c1ccccc1[N-]CC1CCCN1Cc1ccccc1)C(=O)O.[Ni+2]. The van der Waals surface area contributed by atoms with E-state index in [1.807, 2.05) is 72.8 Å². The zero-order chi connectivity index (χ0) is 26.9. The number of nitrogens with two attached hydrogens (primary N) is 1. The van der Waals surface area contributed by atoms with Crippen molar-refractivity contribution in [3.05, 3.63) is 107 Å². The van der Waals surface area contributed by atoms with Crippen molar-refractivity contribution in [1.82, 2.24) is 4.90 Å². The summed E-state index contributed by atoms with van der Waals surface area (Å²) in [7, 11) is 0. The molecule has 1 fully saturated rings. The molecule has 206 valence electrons. The van der Waals surface area contributed by atoms with Gasteiger partial charge in [0.25, 0.3) is 5.91 Å². The van der Waals surface area contributed by atoms with Crippen LogP contribution < -0.4 is 5.73 Å². The van der Waals surface area contributed by atoms with Crippen LogP contribution in [0.25, 0.3) is 5.32 Å². The average Bonchev–Trinajstić information content (AvgIpc) is 3.37. The first-order chi connectivity index (χ1) is 18.4. The average molecular weight is 574 g/mol. The third kappa shape index (κ3) is 8.22. The van der Waals surface area contributed by atoms with Gasteiger partial charge in [-0.15, -0.1) is 12.2 Å². The van der Waals surface area contributed by atoms with Gasteiger partial charge in [-0.2, -0.15) is 0 Å². The maximum absolute atomic E-state index is 14.1. The van der Waals surface area contributed by atoms with E-state index in [2.05, 4.69) is 22.0 Å². The first-order valence-corrected chi connectivity index (χ1v) is 12.8. The van der Waals surface area contributed by atoms with Gasteiger partial charge in [-0.1, -0.05) is 84.9 Å². The number of aliphatic imine (C=N–C) groups is 1. The van der Waals surface area contributed by atoms with E-state index in [0.717, 1.165) is 25.9 Å². The topological polar surface area (TPSA) is 110 Å². The number of carbonyl (C=O) groups excluding carboxylic acids is 1. The molecule has 3 N–H and O–H groups in total. The van der Waals surface area contributed by atoms with E-state index in [0.29, 0.717) is 29.1 Å². The number of aliphatic carboxylic acids is 1. The van der Waals surface area contributed by atoms with Crippen LogP contribution in [0, 0.1) is 0 Å². The summed E-state index contributed by atoms with van der Waals surface area (Å²) in [6, 6.07) is 25.7. The van der Waals surface area contributed by atoms with Crippen molar-refractivity contribution < 1.29 is 35.6 Å². The Labute approximate surface area is 238 Å².